The molecule has 0 bridgehead atoms. The highest BCUT2D eigenvalue weighted by Crippen LogP contribution is 2.40. The van der Waals surface area contributed by atoms with Crippen molar-refractivity contribution < 1.29 is 5.11 Å². The van der Waals surface area contributed by atoms with Crippen LogP contribution in [-0.4, -0.2) is 42.2 Å². The number of hydrogen-bond donors (Lipinski definition) is 2. The summed E-state index contributed by atoms with van der Waals surface area (Å²) in [5, 5.41) is 9.29. The van der Waals surface area contributed by atoms with E-state index in [0.29, 0.717) is 18.5 Å². The van der Waals surface area contributed by atoms with Crippen LogP contribution in [-0.2, 0) is 0 Å². The van der Waals surface area contributed by atoms with Crippen LogP contribution >= 0.6 is 0 Å². The molecule has 15 heavy (non-hydrogen) atoms. The van der Waals surface area contributed by atoms with Crippen LogP contribution < -0.4 is 5.73 Å². The van der Waals surface area contributed by atoms with Gasteiger partial charge in [0.05, 0.1) is 13.2 Å². The number of hydrogen-bond acceptors (Lipinski definition) is 2. The minimum Gasteiger partial charge on any atom is -0.396 e. The van der Waals surface area contributed by atoms with Crippen molar-refractivity contribution in [2.24, 2.45) is 16.1 Å². The van der Waals surface area contributed by atoms with Crippen LogP contribution in [0.4, 0.5) is 0 Å². The van der Waals surface area contributed by atoms with Gasteiger partial charge in [-0.3, -0.25) is 4.99 Å². The van der Waals surface area contributed by atoms with Gasteiger partial charge in [0.1, 0.15) is 0 Å². The van der Waals surface area contributed by atoms with Gasteiger partial charge in [-0.05, 0) is 25.7 Å². The Morgan fingerprint density at radius 1 is 1.53 bits per heavy atom. The summed E-state index contributed by atoms with van der Waals surface area (Å²) in [6.07, 6.45) is 5.87. The minimum absolute atomic E-state index is 0.0506. The molecule has 0 saturated heterocycles. The lowest BCUT2D eigenvalue weighted by Crippen LogP contribution is -2.40. The van der Waals surface area contributed by atoms with E-state index in [0.717, 1.165) is 12.8 Å². The average molecular weight is 211 g/mol. The fourth-order valence-corrected chi connectivity index (χ4v) is 2.05. The first-order chi connectivity index (χ1) is 7.17. The largest absolute Gasteiger partial charge is 0.396 e. The Balaban J connectivity index is 1.86. The summed E-state index contributed by atoms with van der Waals surface area (Å²) in [7, 11) is 2.00. The quantitative estimate of drug-likeness (QED) is 0.527. The van der Waals surface area contributed by atoms with Gasteiger partial charge in [-0.1, -0.05) is 6.42 Å². The number of nitrogens with zero attached hydrogens (tertiary/aromatic N) is 2. The van der Waals surface area contributed by atoms with Gasteiger partial charge in [0.25, 0.3) is 0 Å². The van der Waals surface area contributed by atoms with Gasteiger partial charge in [-0.25, -0.2) is 0 Å². The van der Waals surface area contributed by atoms with E-state index in [2.05, 4.69) is 9.89 Å². The number of aliphatic hydroxyl groups is 1. The molecule has 0 radical (unpaired) electrons. The van der Waals surface area contributed by atoms with E-state index in [9.17, 15) is 5.11 Å². The summed E-state index contributed by atoms with van der Waals surface area (Å²) in [5.41, 5.74) is 5.94. The summed E-state index contributed by atoms with van der Waals surface area (Å²) in [5.74, 6) is 0.636. The van der Waals surface area contributed by atoms with Gasteiger partial charge in [0.15, 0.2) is 5.96 Å². The number of guanidine groups is 1. The molecule has 0 aromatic rings. The topological polar surface area (TPSA) is 61.8 Å². The van der Waals surface area contributed by atoms with Crippen molar-refractivity contribution in [1.29, 1.82) is 0 Å². The van der Waals surface area contributed by atoms with Crippen LogP contribution in [0, 0.1) is 5.41 Å². The Kier molecular flexibility index (Phi) is 2.87. The highest BCUT2D eigenvalue weighted by atomic mass is 16.3. The number of aliphatic imine (C=N–C) groups is 1. The SMILES string of the molecule is CN(C(N)=NCC1(CO)CCC1)C1CC1. The Morgan fingerprint density at radius 2 is 2.20 bits per heavy atom. The summed E-state index contributed by atoms with van der Waals surface area (Å²) in [6, 6.07) is 0.611. The van der Waals surface area contributed by atoms with Crippen molar-refractivity contribution in [1.82, 2.24) is 4.90 Å². The second-order valence-corrected chi connectivity index (χ2v) is 5.03. The van der Waals surface area contributed by atoms with Gasteiger partial charge in [0.2, 0.25) is 0 Å². The zero-order valence-corrected chi connectivity index (χ0v) is 9.45. The normalized spacial score (nSPS) is 24.8. The molecule has 86 valence electrons. The Morgan fingerprint density at radius 3 is 2.60 bits per heavy atom. The van der Waals surface area contributed by atoms with Gasteiger partial charge >= 0.3 is 0 Å². The van der Waals surface area contributed by atoms with Crippen LogP contribution in [0.25, 0.3) is 0 Å². The zero-order chi connectivity index (χ0) is 10.9. The maximum absolute atomic E-state index is 9.29. The Hall–Kier alpha value is -0.770. The summed E-state index contributed by atoms with van der Waals surface area (Å²) in [4.78, 5) is 6.47. The molecule has 0 aliphatic heterocycles. The highest BCUT2D eigenvalue weighted by Gasteiger charge is 2.36. The second kappa shape index (κ2) is 4.00. The predicted molar refractivity (Wildman–Crippen MR) is 60.6 cm³/mol. The lowest BCUT2D eigenvalue weighted by Gasteiger charge is -2.39. The first kappa shape index (κ1) is 10.7. The molecule has 4 nitrogen and oxygen atoms in total. The fraction of sp³-hybridized carbons (Fsp3) is 0.909. The van der Waals surface area contributed by atoms with Crippen molar-refractivity contribution >= 4 is 5.96 Å². The first-order valence-corrected chi connectivity index (χ1v) is 5.80. The molecule has 0 atom stereocenters. The van der Waals surface area contributed by atoms with Crippen molar-refractivity contribution in [3.8, 4) is 0 Å². The number of aliphatic hydroxyl groups excluding tert-OH is 1. The molecule has 4 heteroatoms. The van der Waals surface area contributed by atoms with Crippen LogP contribution in [0.5, 0.6) is 0 Å². The molecule has 2 fully saturated rings. The second-order valence-electron chi connectivity index (χ2n) is 5.03. The number of nitrogens with two attached hydrogens (primary N) is 1. The molecule has 0 amide bonds. The molecule has 0 aromatic carbocycles. The standard InChI is InChI=1S/C11H21N3O/c1-14(9-3-4-9)10(12)13-7-11(8-15)5-2-6-11/h9,15H,2-8H2,1H3,(H2,12,13). The van der Waals surface area contributed by atoms with Crippen LogP contribution in [0.15, 0.2) is 4.99 Å². The van der Waals surface area contributed by atoms with Crippen LogP contribution in [0.2, 0.25) is 0 Å². The monoisotopic (exact) mass is 211 g/mol. The van der Waals surface area contributed by atoms with E-state index in [1.165, 1.54) is 19.3 Å². The van der Waals surface area contributed by atoms with E-state index in [1.807, 2.05) is 7.05 Å². The molecule has 0 heterocycles. The number of rotatable bonds is 4. The zero-order valence-electron chi connectivity index (χ0n) is 9.45. The molecular formula is C11H21N3O. The lowest BCUT2D eigenvalue weighted by molar-refractivity contribution is 0.0537. The first-order valence-electron chi connectivity index (χ1n) is 5.80. The van der Waals surface area contributed by atoms with E-state index in [-0.39, 0.29) is 12.0 Å². The third-order valence-electron chi connectivity index (χ3n) is 3.78. The molecule has 2 rings (SSSR count). The third-order valence-corrected chi connectivity index (χ3v) is 3.78. The molecule has 0 aromatic heterocycles. The smallest absolute Gasteiger partial charge is 0.191 e. The molecule has 3 N–H and O–H groups in total. The minimum atomic E-state index is 0.0506. The predicted octanol–water partition coefficient (Wildman–Crippen LogP) is 0.558. The van der Waals surface area contributed by atoms with E-state index in [4.69, 9.17) is 5.73 Å². The molecule has 2 aliphatic rings. The van der Waals surface area contributed by atoms with Crippen molar-refractivity contribution in [2.45, 2.75) is 38.1 Å². The molecule has 2 saturated carbocycles. The van der Waals surface area contributed by atoms with Crippen molar-refractivity contribution in [3.05, 3.63) is 0 Å². The third kappa shape index (κ3) is 2.25. The van der Waals surface area contributed by atoms with Crippen LogP contribution in [0.1, 0.15) is 32.1 Å². The molecular weight excluding hydrogens is 190 g/mol. The van der Waals surface area contributed by atoms with E-state index in [1.54, 1.807) is 0 Å². The maximum Gasteiger partial charge on any atom is 0.191 e. The average Bonchev–Trinajstić information content (AvgIpc) is 2.98. The van der Waals surface area contributed by atoms with Crippen molar-refractivity contribution in [2.75, 3.05) is 20.2 Å². The van der Waals surface area contributed by atoms with Crippen molar-refractivity contribution in [3.63, 3.8) is 0 Å². The maximum atomic E-state index is 9.29. The van der Waals surface area contributed by atoms with Crippen LogP contribution in [0.3, 0.4) is 0 Å². The molecule has 2 aliphatic carbocycles. The van der Waals surface area contributed by atoms with E-state index >= 15 is 0 Å². The lowest BCUT2D eigenvalue weighted by atomic mass is 9.69. The fourth-order valence-electron chi connectivity index (χ4n) is 2.05. The Bertz CT molecular complexity index is 251. The summed E-state index contributed by atoms with van der Waals surface area (Å²) >= 11 is 0. The summed E-state index contributed by atoms with van der Waals surface area (Å²) in [6.45, 7) is 0.934. The highest BCUT2D eigenvalue weighted by molar-refractivity contribution is 5.78. The van der Waals surface area contributed by atoms with Gasteiger partial charge < -0.3 is 15.7 Å². The Labute approximate surface area is 91.2 Å². The van der Waals surface area contributed by atoms with Gasteiger partial charge in [-0.2, -0.15) is 0 Å². The van der Waals surface area contributed by atoms with E-state index < -0.39 is 0 Å². The molecule has 0 unspecified atom stereocenters. The van der Waals surface area contributed by atoms with Gasteiger partial charge in [0, 0.05) is 18.5 Å². The van der Waals surface area contributed by atoms with Gasteiger partial charge in [-0.15, -0.1) is 0 Å². The summed E-state index contributed by atoms with van der Waals surface area (Å²) < 4.78 is 0. The molecule has 0 spiro atoms.